The lowest BCUT2D eigenvalue weighted by molar-refractivity contribution is 0.0946. The average Bonchev–Trinajstić information content (AvgIpc) is 3.26. The first-order valence-corrected chi connectivity index (χ1v) is 10.9. The Morgan fingerprint density at radius 2 is 2.12 bits per heavy atom. The topological polar surface area (TPSA) is 111 Å². The molecule has 168 valence electrons. The van der Waals surface area contributed by atoms with Gasteiger partial charge in [0.25, 0.3) is 5.91 Å². The van der Waals surface area contributed by atoms with E-state index in [0.717, 1.165) is 5.56 Å². The fourth-order valence-electron chi connectivity index (χ4n) is 2.56. The standard InChI is InChI=1S/C20H18BrCl2N5O4/c1-30-16-9-12(8-14(21)18(16)31-11-13-4-2-3-5-15(13)23)10-25-26-20(29)17-19(24-7-6-22)28-32-27-17/h2-5,8-10H,6-7,11H2,1H3,(H,24,28)(H,26,29)/b25-10+. The molecule has 1 aromatic heterocycles. The molecule has 1 heterocycles. The van der Waals surface area contributed by atoms with Crippen LogP contribution in [-0.4, -0.2) is 42.0 Å². The van der Waals surface area contributed by atoms with Crippen molar-refractivity contribution < 1.29 is 18.9 Å². The number of halogens is 3. The van der Waals surface area contributed by atoms with Crippen LogP contribution in [-0.2, 0) is 6.61 Å². The number of ether oxygens (including phenoxy) is 2. The molecule has 2 N–H and O–H groups in total. The van der Waals surface area contributed by atoms with E-state index in [2.05, 4.69) is 46.7 Å². The van der Waals surface area contributed by atoms with Crippen LogP contribution in [0.5, 0.6) is 11.5 Å². The number of rotatable bonds is 10. The minimum Gasteiger partial charge on any atom is -0.493 e. The maximum absolute atomic E-state index is 12.2. The molecule has 0 spiro atoms. The highest BCUT2D eigenvalue weighted by atomic mass is 79.9. The van der Waals surface area contributed by atoms with Crippen LogP contribution in [0.15, 0.2) is 50.6 Å². The third kappa shape index (κ3) is 6.12. The molecular formula is C20H18BrCl2N5O4. The first-order valence-electron chi connectivity index (χ1n) is 9.23. The molecule has 0 saturated heterocycles. The Balaban J connectivity index is 1.68. The molecule has 3 rings (SSSR count). The van der Waals surface area contributed by atoms with Gasteiger partial charge in [0, 0.05) is 23.0 Å². The van der Waals surface area contributed by atoms with Crippen LogP contribution in [0.2, 0.25) is 5.02 Å². The Kier molecular flexibility index (Phi) is 8.72. The lowest BCUT2D eigenvalue weighted by Gasteiger charge is -2.14. The number of methoxy groups -OCH3 is 1. The molecule has 0 radical (unpaired) electrons. The van der Waals surface area contributed by atoms with Crippen molar-refractivity contribution in [3.63, 3.8) is 0 Å². The zero-order valence-corrected chi connectivity index (χ0v) is 19.9. The van der Waals surface area contributed by atoms with Gasteiger partial charge in [0.05, 0.1) is 17.8 Å². The highest BCUT2D eigenvalue weighted by Gasteiger charge is 2.17. The van der Waals surface area contributed by atoms with Crippen molar-refractivity contribution in [2.24, 2.45) is 5.10 Å². The quantitative estimate of drug-likeness (QED) is 0.220. The van der Waals surface area contributed by atoms with Gasteiger partial charge in [-0.15, -0.1) is 11.6 Å². The molecule has 32 heavy (non-hydrogen) atoms. The molecule has 0 saturated carbocycles. The molecule has 0 aliphatic rings. The van der Waals surface area contributed by atoms with Crippen LogP contribution in [0.25, 0.3) is 0 Å². The number of hydrogen-bond acceptors (Lipinski definition) is 8. The molecule has 0 fully saturated rings. The summed E-state index contributed by atoms with van der Waals surface area (Å²) >= 11 is 15.3. The third-order valence-electron chi connectivity index (χ3n) is 4.05. The molecule has 2 aromatic carbocycles. The van der Waals surface area contributed by atoms with E-state index in [1.165, 1.54) is 13.3 Å². The van der Waals surface area contributed by atoms with E-state index < -0.39 is 5.91 Å². The van der Waals surface area contributed by atoms with Gasteiger partial charge in [0.1, 0.15) is 6.61 Å². The Morgan fingerprint density at radius 3 is 2.88 bits per heavy atom. The van der Waals surface area contributed by atoms with Crippen LogP contribution in [0.4, 0.5) is 5.82 Å². The molecule has 1 amide bonds. The van der Waals surface area contributed by atoms with Gasteiger partial charge in [-0.2, -0.15) is 5.10 Å². The summed E-state index contributed by atoms with van der Waals surface area (Å²) in [7, 11) is 1.53. The number of anilines is 1. The Bertz CT molecular complexity index is 1110. The summed E-state index contributed by atoms with van der Waals surface area (Å²) in [5, 5.41) is 14.6. The van der Waals surface area contributed by atoms with E-state index in [1.807, 2.05) is 18.2 Å². The van der Waals surface area contributed by atoms with E-state index in [1.54, 1.807) is 18.2 Å². The number of amides is 1. The molecule has 0 atom stereocenters. The largest absolute Gasteiger partial charge is 0.493 e. The predicted octanol–water partition coefficient (Wildman–Crippen LogP) is 4.49. The molecule has 0 aliphatic heterocycles. The molecule has 9 nitrogen and oxygen atoms in total. The van der Waals surface area contributed by atoms with Gasteiger partial charge in [0.15, 0.2) is 11.5 Å². The number of hydrazone groups is 1. The Hall–Kier alpha value is -2.82. The number of carbonyl (C=O) groups excluding carboxylic acids is 1. The van der Waals surface area contributed by atoms with Crippen molar-refractivity contribution in [3.05, 3.63) is 62.7 Å². The lowest BCUT2D eigenvalue weighted by Crippen LogP contribution is -2.20. The van der Waals surface area contributed by atoms with E-state index in [9.17, 15) is 4.79 Å². The average molecular weight is 543 g/mol. The number of aromatic nitrogens is 2. The molecular weight excluding hydrogens is 525 g/mol. The van der Waals surface area contributed by atoms with Crippen LogP contribution < -0.4 is 20.2 Å². The van der Waals surface area contributed by atoms with Crippen LogP contribution in [0.3, 0.4) is 0 Å². The van der Waals surface area contributed by atoms with E-state index >= 15 is 0 Å². The monoisotopic (exact) mass is 541 g/mol. The first-order chi connectivity index (χ1) is 15.5. The van der Waals surface area contributed by atoms with Gasteiger partial charge < -0.3 is 14.8 Å². The van der Waals surface area contributed by atoms with Gasteiger partial charge in [-0.3, -0.25) is 4.79 Å². The second-order valence-electron chi connectivity index (χ2n) is 6.19. The smallest absolute Gasteiger partial charge is 0.297 e. The van der Waals surface area contributed by atoms with Crippen molar-refractivity contribution in [2.45, 2.75) is 6.61 Å². The van der Waals surface area contributed by atoms with E-state index in [0.29, 0.717) is 39.0 Å². The minimum atomic E-state index is -0.592. The van der Waals surface area contributed by atoms with Gasteiger partial charge in [-0.1, -0.05) is 29.8 Å². The zero-order chi connectivity index (χ0) is 22.9. The fraction of sp³-hybridized carbons (Fsp3) is 0.200. The first kappa shape index (κ1) is 23.8. The maximum Gasteiger partial charge on any atom is 0.297 e. The number of nitrogens with zero attached hydrogens (tertiary/aromatic N) is 3. The highest BCUT2D eigenvalue weighted by molar-refractivity contribution is 9.10. The van der Waals surface area contributed by atoms with Crippen LogP contribution in [0, 0.1) is 0 Å². The predicted molar refractivity (Wildman–Crippen MR) is 125 cm³/mol. The third-order valence-corrected chi connectivity index (χ3v) is 5.20. The van der Waals surface area contributed by atoms with Crippen molar-refractivity contribution in [1.82, 2.24) is 15.7 Å². The summed E-state index contributed by atoms with van der Waals surface area (Å²) in [6.45, 7) is 0.669. The number of benzene rings is 2. The van der Waals surface area contributed by atoms with Crippen molar-refractivity contribution in [1.29, 1.82) is 0 Å². The molecule has 0 aliphatic carbocycles. The molecule has 0 unspecified atom stereocenters. The highest BCUT2D eigenvalue weighted by Crippen LogP contribution is 2.37. The zero-order valence-electron chi connectivity index (χ0n) is 16.8. The fourth-order valence-corrected chi connectivity index (χ4v) is 3.42. The second kappa shape index (κ2) is 11.7. The van der Waals surface area contributed by atoms with Gasteiger partial charge in [0.2, 0.25) is 11.5 Å². The SMILES string of the molecule is COc1cc(/C=N/NC(=O)c2nonc2NCCCl)cc(Br)c1OCc1ccccc1Cl. The number of carbonyl (C=O) groups is 1. The lowest BCUT2D eigenvalue weighted by atomic mass is 10.2. The Morgan fingerprint density at radius 1 is 1.31 bits per heavy atom. The molecule has 12 heteroatoms. The maximum atomic E-state index is 12.2. The number of nitrogens with one attached hydrogen (secondary N) is 2. The molecule has 3 aromatic rings. The van der Waals surface area contributed by atoms with E-state index in [4.69, 9.17) is 32.7 Å². The summed E-state index contributed by atoms with van der Waals surface area (Å²) in [6, 6.07) is 10.9. The van der Waals surface area contributed by atoms with Crippen LogP contribution >= 0.6 is 39.1 Å². The summed E-state index contributed by atoms with van der Waals surface area (Å²) in [4.78, 5) is 12.2. The van der Waals surface area contributed by atoms with Gasteiger partial charge in [-0.05, 0) is 50.0 Å². The molecule has 0 bridgehead atoms. The summed E-state index contributed by atoms with van der Waals surface area (Å²) in [5.41, 5.74) is 3.83. The number of hydrogen-bond donors (Lipinski definition) is 2. The van der Waals surface area contributed by atoms with Gasteiger partial charge >= 0.3 is 0 Å². The van der Waals surface area contributed by atoms with Crippen LogP contribution in [0.1, 0.15) is 21.6 Å². The summed E-state index contributed by atoms with van der Waals surface area (Å²) < 4.78 is 16.6. The van der Waals surface area contributed by atoms with Crippen molar-refractivity contribution in [3.8, 4) is 11.5 Å². The normalized spacial score (nSPS) is 10.9. The Labute approximate surface area is 202 Å². The number of alkyl halides is 1. The second-order valence-corrected chi connectivity index (χ2v) is 7.83. The van der Waals surface area contributed by atoms with Crippen molar-refractivity contribution in [2.75, 3.05) is 24.9 Å². The van der Waals surface area contributed by atoms with Crippen molar-refractivity contribution >= 4 is 57.1 Å². The van der Waals surface area contributed by atoms with Gasteiger partial charge in [-0.25, -0.2) is 10.1 Å². The summed E-state index contributed by atoms with van der Waals surface area (Å²) in [5.74, 6) is 0.916. The van der Waals surface area contributed by atoms with E-state index in [-0.39, 0.29) is 18.1 Å². The summed E-state index contributed by atoms with van der Waals surface area (Å²) in [6.07, 6.45) is 1.45. The minimum absolute atomic E-state index is 0.0330.